The maximum absolute atomic E-state index is 11.1. The molecule has 0 radical (unpaired) electrons. The topological polar surface area (TPSA) is 49.8 Å². The van der Waals surface area contributed by atoms with Crippen LogP contribution in [0.5, 0.6) is 0 Å². The lowest BCUT2D eigenvalue weighted by atomic mass is 9.74. The molecule has 0 aromatic carbocycles. The Balaban J connectivity index is 2.45. The molecule has 18 heavy (non-hydrogen) atoms. The minimum Gasteiger partial charge on any atom is -0.479 e. The second kappa shape index (κ2) is 7.10. The van der Waals surface area contributed by atoms with E-state index in [4.69, 9.17) is 9.84 Å². The van der Waals surface area contributed by atoms with Gasteiger partial charge in [0.15, 0.2) is 6.10 Å². The first-order valence-electron chi connectivity index (χ1n) is 7.13. The molecule has 1 rings (SSSR count). The van der Waals surface area contributed by atoms with Crippen molar-refractivity contribution in [2.45, 2.75) is 52.6 Å². The molecule has 0 spiro atoms. The Morgan fingerprint density at radius 3 is 2.22 bits per heavy atom. The number of carboxylic acids is 1. The largest absolute Gasteiger partial charge is 0.479 e. The third-order valence-corrected chi connectivity index (χ3v) is 4.48. The van der Waals surface area contributed by atoms with Crippen LogP contribution in [0.25, 0.3) is 0 Å². The van der Waals surface area contributed by atoms with Crippen LogP contribution in [0.15, 0.2) is 0 Å². The molecule has 4 nitrogen and oxygen atoms in total. The fourth-order valence-corrected chi connectivity index (χ4v) is 2.80. The number of aliphatic carboxylic acids is 1. The van der Waals surface area contributed by atoms with Crippen LogP contribution in [0.2, 0.25) is 0 Å². The van der Waals surface area contributed by atoms with Gasteiger partial charge in [-0.1, -0.05) is 26.7 Å². The summed E-state index contributed by atoms with van der Waals surface area (Å²) in [7, 11) is 0. The minimum absolute atomic E-state index is 0.457. The fraction of sp³-hybridized carbons (Fsp3) is 0.929. The lowest BCUT2D eigenvalue weighted by molar-refractivity contribution is -0.151. The molecule has 1 aliphatic heterocycles. The van der Waals surface area contributed by atoms with Crippen molar-refractivity contribution in [3.05, 3.63) is 0 Å². The van der Waals surface area contributed by atoms with Gasteiger partial charge < -0.3 is 14.7 Å². The zero-order valence-corrected chi connectivity index (χ0v) is 11.9. The van der Waals surface area contributed by atoms with Crippen LogP contribution in [0.1, 0.15) is 46.5 Å². The summed E-state index contributed by atoms with van der Waals surface area (Å²) in [5.74, 6) is -0.848. The van der Waals surface area contributed by atoms with E-state index in [0.717, 1.165) is 13.1 Å². The van der Waals surface area contributed by atoms with Crippen molar-refractivity contribution in [1.29, 1.82) is 0 Å². The first-order valence-corrected chi connectivity index (χ1v) is 7.13. The number of hydrogen-bond donors (Lipinski definition) is 1. The summed E-state index contributed by atoms with van der Waals surface area (Å²) in [5, 5.41) is 9.08. The highest BCUT2D eigenvalue weighted by Crippen LogP contribution is 2.37. The van der Waals surface area contributed by atoms with Gasteiger partial charge >= 0.3 is 5.97 Å². The van der Waals surface area contributed by atoms with Crippen molar-refractivity contribution in [3.63, 3.8) is 0 Å². The highest BCUT2D eigenvalue weighted by molar-refractivity contribution is 5.72. The number of rotatable bonds is 7. The Morgan fingerprint density at radius 1 is 1.28 bits per heavy atom. The average Bonchev–Trinajstić information content (AvgIpc) is 2.39. The lowest BCUT2D eigenvalue weighted by Crippen LogP contribution is -2.45. The van der Waals surface area contributed by atoms with E-state index in [1.165, 1.54) is 25.7 Å². The fourth-order valence-electron chi connectivity index (χ4n) is 2.80. The van der Waals surface area contributed by atoms with E-state index >= 15 is 0 Å². The second-order valence-corrected chi connectivity index (χ2v) is 5.29. The highest BCUT2D eigenvalue weighted by Gasteiger charge is 2.32. The molecular weight excluding hydrogens is 230 g/mol. The number of piperidine rings is 1. The van der Waals surface area contributed by atoms with Crippen LogP contribution in [0.4, 0.5) is 0 Å². The van der Waals surface area contributed by atoms with Gasteiger partial charge in [0.2, 0.25) is 0 Å². The Bertz CT molecular complexity index is 254. The second-order valence-electron chi connectivity index (χ2n) is 5.29. The van der Waals surface area contributed by atoms with Crippen molar-refractivity contribution < 1.29 is 14.6 Å². The molecule has 0 aromatic heterocycles. The van der Waals surface area contributed by atoms with E-state index < -0.39 is 12.1 Å². The van der Waals surface area contributed by atoms with Crippen LogP contribution >= 0.6 is 0 Å². The number of hydrogen-bond acceptors (Lipinski definition) is 3. The van der Waals surface area contributed by atoms with Gasteiger partial charge in [0.05, 0.1) is 0 Å². The van der Waals surface area contributed by atoms with Gasteiger partial charge in [0.25, 0.3) is 0 Å². The number of carbonyl (C=O) groups is 1. The molecule has 0 aromatic rings. The molecule has 0 bridgehead atoms. The molecule has 1 atom stereocenters. The monoisotopic (exact) mass is 257 g/mol. The predicted molar refractivity (Wildman–Crippen MR) is 71.7 cm³/mol. The molecule has 106 valence electrons. The number of likely N-dealkylation sites (tertiary alicyclic amines) is 1. The van der Waals surface area contributed by atoms with Gasteiger partial charge in [0.1, 0.15) is 0 Å². The molecular formula is C14H27NO3. The average molecular weight is 257 g/mol. The highest BCUT2D eigenvalue weighted by atomic mass is 16.5. The van der Waals surface area contributed by atoms with Crippen molar-refractivity contribution in [1.82, 2.24) is 4.90 Å². The lowest BCUT2D eigenvalue weighted by Gasteiger charge is -2.41. The van der Waals surface area contributed by atoms with Crippen molar-refractivity contribution >= 4 is 5.97 Å². The molecule has 0 amide bonds. The standard InChI is InChI=1S/C14H27NO3/c1-4-14(5-2)7-9-15(10-8-14)11-12(13(16)17)18-6-3/h12H,4-11H2,1-3H3,(H,16,17). The van der Waals surface area contributed by atoms with E-state index in [1.54, 1.807) is 0 Å². The Morgan fingerprint density at radius 2 is 1.83 bits per heavy atom. The van der Waals surface area contributed by atoms with E-state index in [-0.39, 0.29) is 0 Å². The third-order valence-electron chi connectivity index (χ3n) is 4.48. The SMILES string of the molecule is CCOC(CN1CCC(CC)(CC)CC1)C(=O)O. The predicted octanol–water partition coefficient (Wildman–Crippen LogP) is 2.38. The van der Waals surface area contributed by atoms with Gasteiger partial charge in [-0.05, 0) is 38.3 Å². The van der Waals surface area contributed by atoms with Gasteiger partial charge in [-0.3, -0.25) is 0 Å². The molecule has 0 aliphatic carbocycles. The third kappa shape index (κ3) is 3.95. The summed E-state index contributed by atoms with van der Waals surface area (Å²) in [6.07, 6.45) is 4.14. The molecule has 1 N–H and O–H groups in total. The number of carboxylic acid groups (broad SMARTS) is 1. The van der Waals surface area contributed by atoms with Crippen LogP contribution in [0.3, 0.4) is 0 Å². The summed E-state index contributed by atoms with van der Waals surface area (Å²) in [4.78, 5) is 13.3. The summed E-state index contributed by atoms with van der Waals surface area (Å²) in [6.45, 7) is 9.34. The van der Waals surface area contributed by atoms with Crippen molar-refractivity contribution in [2.24, 2.45) is 5.41 Å². The van der Waals surface area contributed by atoms with Gasteiger partial charge in [-0.2, -0.15) is 0 Å². The smallest absolute Gasteiger partial charge is 0.334 e. The first-order chi connectivity index (χ1) is 8.56. The van der Waals surface area contributed by atoms with E-state index in [0.29, 0.717) is 18.6 Å². The zero-order chi connectivity index (χ0) is 13.6. The Labute approximate surface area is 110 Å². The van der Waals surface area contributed by atoms with Crippen LogP contribution in [-0.2, 0) is 9.53 Å². The Kier molecular flexibility index (Phi) is 6.09. The minimum atomic E-state index is -0.848. The molecule has 0 saturated carbocycles. The van der Waals surface area contributed by atoms with Crippen LogP contribution in [0, 0.1) is 5.41 Å². The normalized spacial score (nSPS) is 21.7. The van der Waals surface area contributed by atoms with Crippen molar-refractivity contribution in [2.75, 3.05) is 26.2 Å². The summed E-state index contributed by atoms with van der Waals surface area (Å²) in [6, 6.07) is 0. The molecule has 4 heteroatoms. The van der Waals surface area contributed by atoms with Gasteiger partial charge in [-0.15, -0.1) is 0 Å². The van der Waals surface area contributed by atoms with E-state index in [2.05, 4.69) is 18.7 Å². The zero-order valence-electron chi connectivity index (χ0n) is 11.9. The maximum Gasteiger partial charge on any atom is 0.334 e. The molecule has 1 aliphatic rings. The molecule has 1 heterocycles. The summed E-state index contributed by atoms with van der Waals surface area (Å²) < 4.78 is 5.27. The summed E-state index contributed by atoms with van der Waals surface area (Å²) >= 11 is 0. The maximum atomic E-state index is 11.1. The van der Waals surface area contributed by atoms with Crippen LogP contribution in [-0.4, -0.2) is 48.3 Å². The van der Waals surface area contributed by atoms with Gasteiger partial charge in [-0.25, -0.2) is 4.79 Å². The number of ether oxygens (including phenoxy) is 1. The molecule has 1 fully saturated rings. The number of nitrogens with zero attached hydrogens (tertiary/aromatic N) is 1. The summed E-state index contributed by atoms with van der Waals surface area (Å²) in [5.41, 5.74) is 0.487. The van der Waals surface area contributed by atoms with E-state index in [1.807, 2.05) is 6.92 Å². The Hall–Kier alpha value is -0.610. The van der Waals surface area contributed by atoms with Crippen LogP contribution < -0.4 is 0 Å². The van der Waals surface area contributed by atoms with Gasteiger partial charge in [0, 0.05) is 13.2 Å². The van der Waals surface area contributed by atoms with Crippen molar-refractivity contribution in [3.8, 4) is 0 Å². The molecule has 1 unspecified atom stereocenters. The molecule has 1 saturated heterocycles. The first kappa shape index (κ1) is 15.4. The van der Waals surface area contributed by atoms with E-state index in [9.17, 15) is 4.79 Å². The quantitative estimate of drug-likeness (QED) is 0.760.